The molecule has 0 fully saturated rings. The summed E-state index contributed by atoms with van der Waals surface area (Å²) >= 11 is 0. The normalized spacial score (nSPS) is 14.0. The first-order valence-electron chi connectivity index (χ1n) is 9.18. The second kappa shape index (κ2) is 8.71. The Kier molecular flexibility index (Phi) is 6.11. The lowest BCUT2D eigenvalue weighted by Gasteiger charge is -2.24. The van der Waals surface area contributed by atoms with Crippen molar-refractivity contribution in [3.63, 3.8) is 0 Å². The molecule has 1 heterocycles. The molecule has 28 heavy (non-hydrogen) atoms. The summed E-state index contributed by atoms with van der Waals surface area (Å²) in [7, 11) is 3.14. The number of carbonyl (C=O) groups is 2. The Morgan fingerprint density at radius 2 is 1.61 bits per heavy atom. The van der Waals surface area contributed by atoms with Crippen LogP contribution in [0.5, 0.6) is 5.75 Å². The van der Waals surface area contributed by atoms with Crippen molar-refractivity contribution in [3.05, 3.63) is 65.9 Å². The molecule has 0 saturated heterocycles. The third-order valence-electron chi connectivity index (χ3n) is 4.70. The minimum atomic E-state index is -0.309. The van der Waals surface area contributed by atoms with E-state index in [4.69, 9.17) is 9.47 Å². The molecule has 0 bridgehead atoms. The van der Waals surface area contributed by atoms with Crippen molar-refractivity contribution in [3.8, 4) is 5.75 Å². The zero-order valence-corrected chi connectivity index (χ0v) is 16.3. The van der Waals surface area contributed by atoms with E-state index in [1.54, 1.807) is 38.5 Å². The molecule has 1 aliphatic heterocycles. The number of hydrogen-bond donors (Lipinski definition) is 0. The third-order valence-corrected chi connectivity index (χ3v) is 4.70. The number of anilines is 1. The fourth-order valence-corrected chi connectivity index (χ4v) is 3.29. The average molecular weight is 380 g/mol. The van der Waals surface area contributed by atoms with Crippen LogP contribution in [0, 0.1) is 0 Å². The number of likely N-dealkylation sites (N-methyl/N-ethyl adjacent to an activating group) is 1. The van der Waals surface area contributed by atoms with E-state index < -0.39 is 0 Å². The summed E-state index contributed by atoms with van der Waals surface area (Å²) in [5.74, 6) is 0.0736. The van der Waals surface area contributed by atoms with Crippen molar-refractivity contribution < 1.29 is 19.1 Å². The highest BCUT2D eigenvalue weighted by molar-refractivity contribution is 6.36. The van der Waals surface area contributed by atoms with Gasteiger partial charge in [-0.15, -0.1) is 0 Å². The fourth-order valence-electron chi connectivity index (χ4n) is 3.29. The lowest BCUT2D eigenvalue weighted by atomic mass is 10.0. The third kappa shape index (κ3) is 3.64. The van der Waals surface area contributed by atoms with E-state index in [-0.39, 0.29) is 25.0 Å². The van der Waals surface area contributed by atoms with E-state index in [1.807, 2.05) is 42.2 Å². The molecule has 6 nitrogen and oxygen atoms in total. The summed E-state index contributed by atoms with van der Waals surface area (Å²) in [6.45, 7) is 3.01. The fraction of sp³-hybridized carbons (Fsp3) is 0.273. The Hall–Kier alpha value is -3.12. The Balaban J connectivity index is 2.12. The zero-order chi connectivity index (χ0) is 20.1. The van der Waals surface area contributed by atoms with Crippen LogP contribution in [0.2, 0.25) is 0 Å². The highest BCUT2D eigenvalue weighted by atomic mass is 16.5. The van der Waals surface area contributed by atoms with Crippen molar-refractivity contribution in [1.82, 2.24) is 4.90 Å². The molecule has 146 valence electrons. The maximum Gasteiger partial charge on any atom is 0.278 e. The number of amides is 2. The van der Waals surface area contributed by atoms with Crippen LogP contribution in [-0.2, 0) is 14.3 Å². The molecule has 0 unspecified atom stereocenters. The molecule has 6 heteroatoms. The zero-order valence-electron chi connectivity index (χ0n) is 16.3. The summed E-state index contributed by atoms with van der Waals surface area (Å²) in [4.78, 5) is 29.5. The van der Waals surface area contributed by atoms with Gasteiger partial charge in [-0.25, -0.2) is 0 Å². The summed E-state index contributed by atoms with van der Waals surface area (Å²) in [5.41, 5.74) is 2.33. The molecule has 0 spiro atoms. The van der Waals surface area contributed by atoms with E-state index >= 15 is 0 Å². The van der Waals surface area contributed by atoms with E-state index in [2.05, 4.69) is 0 Å². The monoisotopic (exact) mass is 380 g/mol. The van der Waals surface area contributed by atoms with Gasteiger partial charge in [0.2, 0.25) is 0 Å². The van der Waals surface area contributed by atoms with Crippen LogP contribution in [-0.4, -0.2) is 50.6 Å². The first-order chi connectivity index (χ1) is 13.6. The Morgan fingerprint density at radius 3 is 2.18 bits per heavy atom. The molecular weight excluding hydrogens is 356 g/mol. The summed E-state index contributed by atoms with van der Waals surface area (Å²) < 4.78 is 10.3. The van der Waals surface area contributed by atoms with Crippen molar-refractivity contribution >= 4 is 23.1 Å². The maximum absolute atomic E-state index is 13.2. The molecule has 1 aliphatic rings. The molecule has 0 saturated carbocycles. The summed E-state index contributed by atoms with van der Waals surface area (Å²) in [6, 6.07) is 16.8. The van der Waals surface area contributed by atoms with Gasteiger partial charge in [0.05, 0.1) is 25.8 Å². The number of rotatable bonds is 8. The van der Waals surface area contributed by atoms with Gasteiger partial charge in [-0.05, 0) is 36.8 Å². The lowest BCUT2D eigenvalue weighted by Crippen LogP contribution is -2.37. The molecule has 0 aromatic heterocycles. The molecule has 2 aromatic rings. The van der Waals surface area contributed by atoms with Crippen LogP contribution in [0.15, 0.2) is 60.3 Å². The Bertz CT molecular complexity index is 875. The van der Waals surface area contributed by atoms with Crippen molar-refractivity contribution in [2.24, 2.45) is 0 Å². The number of hydrogen-bond acceptors (Lipinski definition) is 5. The second-order valence-corrected chi connectivity index (χ2v) is 6.29. The predicted octanol–water partition coefficient (Wildman–Crippen LogP) is 2.95. The SMILES string of the molecule is CCN(C1=C(c2ccc(OC)cc2)C(=O)N(CCOC)C1=O)c1ccccc1. The van der Waals surface area contributed by atoms with Crippen LogP contribution in [0.4, 0.5) is 5.69 Å². The van der Waals surface area contributed by atoms with Gasteiger partial charge in [0.25, 0.3) is 11.8 Å². The number of nitrogens with zero attached hydrogens (tertiary/aromatic N) is 2. The first-order valence-corrected chi connectivity index (χ1v) is 9.18. The lowest BCUT2D eigenvalue weighted by molar-refractivity contribution is -0.137. The van der Waals surface area contributed by atoms with E-state index in [9.17, 15) is 9.59 Å². The van der Waals surface area contributed by atoms with E-state index in [0.29, 0.717) is 29.1 Å². The van der Waals surface area contributed by atoms with Crippen LogP contribution < -0.4 is 9.64 Å². The average Bonchev–Trinajstić information content (AvgIpc) is 2.98. The largest absolute Gasteiger partial charge is 0.497 e. The topological polar surface area (TPSA) is 59.1 Å². The van der Waals surface area contributed by atoms with Gasteiger partial charge in [0.15, 0.2) is 0 Å². The molecule has 2 amide bonds. The number of ether oxygens (including phenoxy) is 2. The van der Waals surface area contributed by atoms with Gasteiger partial charge in [-0.2, -0.15) is 0 Å². The number of imide groups is 1. The predicted molar refractivity (Wildman–Crippen MR) is 108 cm³/mol. The van der Waals surface area contributed by atoms with E-state index in [1.165, 1.54) is 4.90 Å². The quantitative estimate of drug-likeness (QED) is 0.659. The molecular formula is C22H24N2O4. The van der Waals surface area contributed by atoms with Gasteiger partial charge in [0.1, 0.15) is 11.4 Å². The molecule has 0 radical (unpaired) electrons. The number of benzene rings is 2. The highest BCUT2D eigenvalue weighted by Gasteiger charge is 2.41. The highest BCUT2D eigenvalue weighted by Crippen LogP contribution is 2.34. The summed E-state index contributed by atoms with van der Waals surface area (Å²) in [5, 5.41) is 0. The minimum Gasteiger partial charge on any atom is -0.497 e. The number of methoxy groups -OCH3 is 2. The summed E-state index contributed by atoms with van der Waals surface area (Å²) in [6.07, 6.45) is 0. The molecule has 3 rings (SSSR count). The molecule has 0 atom stereocenters. The first kappa shape index (κ1) is 19.6. The van der Waals surface area contributed by atoms with E-state index in [0.717, 1.165) is 5.69 Å². The maximum atomic E-state index is 13.2. The van der Waals surface area contributed by atoms with Crippen molar-refractivity contribution in [1.29, 1.82) is 0 Å². The van der Waals surface area contributed by atoms with Gasteiger partial charge < -0.3 is 14.4 Å². The van der Waals surface area contributed by atoms with Crippen molar-refractivity contribution in [2.45, 2.75) is 6.92 Å². The van der Waals surface area contributed by atoms with Crippen LogP contribution in [0.25, 0.3) is 5.57 Å². The van der Waals surface area contributed by atoms with Crippen LogP contribution in [0.1, 0.15) is 12.5 Å². The van der Waals surface area contributed by atoms with Gasteiger partial charge in [-0.1, -0.05) is 30.3 Å². The van der Waals surface area contributed by atoms with Gasteiger partial charge >= 0.3 is 0 Å². The number of para-hydroxylation sites is 1. The Morgan fingerprint density at radius 1 is 0.929 bits per heavy atom. The van der Waals surface area contributed by atoms with Crippen molar-refractivity contribution in [2.75, 3.05) is 38.8 Å². The molecule has 2 aromatic carbocycles. The smallest absolute Gasteiger partial charge is 0.278 e. The van der Waals surface area contributed by atoms with Gasteiger partial charge in [-0.3, -0.25) is 14.5 Å². The minimum absolute atomic E-state index is 0.212. The second-order valence-electron chi connectivity index (χ2n) is 6.29. The molecule has 0 aliphatic carbocycles. The van der Waals surface area contributed by atoms with Gasteiger partial charge in [0, 0.05) is 19.3 Å². The van der Waals surface area contributed by atoms with Crippen LogP contribution >= 0.6 is 0 Å². The number of carbonyl (C=O) groups excluding carboxylic acids is 2. The standard InChI is InChI=1S/C22H24N2O4/c1-4-23(17-8-6-5-7-9-17)20-19(16-10-12-18(28-3)13-11-16)21(25)24(22(20)26)14-15-27-2/h5-13H,4,14-15H2,1-3H3. The Labute approximate surface area is 165 Å². The van der Waals surface area contributed by atoms with Crippen LogP contribution in [0.3, 0.4) is 0 Å². The molecule has 0 N–H and O–H groups in total.